The van der Waals surface area contributed by atoms with Gasteiger partial charge in [0.05, 0.1) is 0 Å². The summed E-state index contributed by atoms with van der Waals surface area (Å²) in [6, 6.07) is 12.1. The van der Waals surface area contributed by atoms with Gasteiger partial charge in [0.15, 0.2) is 0 Å². The lowest BCUT2D eigenvalue weighted by atomic mass is 10.1. The third kappa shape index (κ3) is 5.14. The largest absolute Gasteiger partial charge is 0.370 e. The van der Waals surface area contributed by atoms with Crippen molar-refractivity contribution in [3.05, 3.63) is 59.4 Å². The Labute approximate surface area is 158 Å². The molecule has 0 aliphatic carbocycles. The van der Waals surface area contributed by atoms with Crippen LogP contribution in [0.15, 0.2) is 42.5 Å². The number of halogens is 1. The minimum absolute atomic E-state index is 0.228. The monoisotopic (exact) mass is 373 g/mol. The van der Waals surface area contributed by atoms with Crippen molar-refractivity contribution in [2.24, 2.45) is 0 Å². The minimum atomic E-state index is -0.249. The molecule has 4 nitrogen and oxygen atoms in total. The van der Waals surface area contributed by atoms with Crippen LogP contribution in [0.4, 0.5) is 20.6 Å². The smallest absolute Gasteiger partial charge is 0.319 e. The fourth-order valence-electron chi connectivity index (χ4n) is 3.04. The van der Waals surface area contributed by atoms with Crippen LogP contribution < -0.4 is 15.5 Å². The summed E-state index contributed by atoms with van der Waals surface area (Å²) in [7, 11) is 0. The maximum atomic E-state index is 12.9. The van der Waals surface area contributed by atoms with Gasteiger partial charge in [0.25, 0.3) is 0 Å². The van der Waals surface area contributed by atoms with E-state index in [9.17, 15) is 9.18 Å². The summed E-state index contributed by atoms with van der Waals surface area (Å²) in [5.41, 5.74) is 4.19. The van der Waals surface area contributed by atoms with Gasteiger partial charge < -0.3 is 15.5 Å². The Hall–Kier alpha value is -2.21. The standard InChI is InChI=1S/C20H24FN3OS/c1-15-14-18(6-7-19(15)24-10-12-26-13-11-24)23-20(25)22-9-8-16-2-4-17(21)5-3-16/h2-7,14H,8-13H2,1H3,(H2,22,23,25). The highest BCUT2D eigenvalue weighted by Gasteiger charge is 2.13. The van der Waals surface area contributed by atoms with E-state index >= 15 is 0 Å². The molecule has 2 amide bonds. The number of nitrogens with one attached hydrogen (secondary N) is 2. The first-order valence-electron chi connectivity index (χ1n) is 8.84. The molecule has 6 heteroatoms. The summed E-state index contributed by atoms with van der Waals surface area (Å²) in [6.07, 6.45) is 0.665. The van der Waals surface area contributed by atoms with Crippen LogP contribution in [0.25, 0.3) is 0 Å². The van der Waals surface area contributed by atoms with Gasteiger partial charge in [-0.25, -0.2) is 9.18 Å². The number of carbonyl (C=O) groups is 1. The van der Waals surface area contributed by atoms with Crippen molar-refractivity contribution in [2.75, 3.05) is 41.4 Å². The lowest BCUT2D eigenvalue weighted by molar-refractivity contribution is 0.252. The molecule has 1 heterocycles. The molecule has 0 saturated carbocycles. The maximum Gasteiger partial charge on any atom is 0.319 e. The second kappa shape index (κ2) is 8.94. The molecule has 0 radical (unpaired) electrons. The second-order valence-corrected chi connectivity index (χ2v) is 7.58. The first kappa shape index (κ1) is 18.6. The van der Waals surface area contributed by atoms with Crippen molar-refractivity contribution in [3.63, 3.8) is 0 Å². The highest BCUT2D eigenvalue weighted by molar-refractivity contribution is 7.99. The number of thioether (sulfide) groups is 1. The number of carbonyl (C=O) groups excluding carboxylic acids is 1. The van der Waals surface area contributed by atoms with Gasteiger partial charge in [-0.15, -0.1) is 0 Å². The van der Waals surface area contributed by atoms with E-state index in [1.807, 2.05) is 23.9 Å². The molecular weight excluding hydrogens is 349 g/mol. The Balaban J connectivity index is 1.49. The van der Waals surface area contributed by atoms with E-state index in [0.717, 1.165) is 35.8 Å². The van der Waals surface area contributed by atoms with Crippen molar-refractivity contribution in [3.8, 4) is 0 Å². The number of urea groups is 1. The van der Waals surface area contributed by atoms with E-state index in [1.165, 1.54) is 23.4 Å². The Bertz CT molecular complexity index is 745. The molecule has 1 fully saturated rings. The van der Waals surface area contributed by atoms with E-state index in [1.54, 1.807) is 12.1 Å². The van der Waals surface area contributed by atoms with E-state index in [-0.39, 0.29) is 11.8 Å². The van der Waals surface area contributed by atoms with Crippen molar-refractivity contribution in [1.29, 1.82) is 0 Å². The molecule has 2 N–H and O–H groups in total. The molecule has 0 unspecified atom stereocenters. The minimum Gasteiger partial charge on any atom is -0.370 e. The highest BCUT2D eigenvalue weighted by atomic mass is 32.2. The number of hydrogen-bond donors (Lipinski definition) is 2. The van der Waals surface area contributed by atoms with E-state index in [0.29, 0.717) is 13.0 Å². The van der Waals surface area contributed by atoms with Crippen LogP contribution in [0.3, 0.4) is 0 Å². The molecule has 26 heavy (non-hydrogen) atoms. The van der Waals surface area contributed by atoms with E-state index in [4.69, 9.17) is 0 Å². The van der Waals surface area contributed by atoms with Gasteiger partial charge in [0.1, 0.15) is 5.82 Å². The molecule has 138 valence electrons. The third-order valence-corrected chi connectivity index (χ3v) is 5.36. The Kier molecular flexibility index (Phi) is 6.39. The first-order valence-corrected chi connectivity index (χ1v) is 10.00. The number of nitrogens with zero attached hydrogens (tertiary/aromatic N) is 1. The normalized spacial score (nSPS) is 14.2. The molecule has 0 spiro atoms. The molecule has 0 aromatic heterocycles. The van der Waals surface area contributed by atoms with E-state index < -0.39 is 0 Å². The van der Waals surface area contributed by atoms with Crippen LogP contribution in [0.5, 0.6) is 0 Å². The van der Waals surface area contributed by atoms with Gasteiger partial charge in [-0.2, -0.15) is 11.8 Å². The predicted molar refractivity (Wildman–Crippen MR) is 108 cm³/mol. The highest BCUT2D eigenvalue weighted by Crippen LogP contribution is 2.26. The van der Waals surface area contributed by atoms with Gasteiger partial charge in [-0.05, 0) is 54.8 Å². The molecule has 1 aliphatic rings. The van der Waals surface area contributed by atoms with Gasteiger partial charge in [-0.1, -0.05) is 12.1 Å². The summed E-state index contributed by atoms with van der Waals surface area (Å²) in [5, 5.41) is 5.71. The quantitative estimate of drug-likeness (QED) is 0.831. The number of aryl methyl sites for hydroxylation is 1. The molecule has 3 rings (SSSR count). The summed E-state index contributed by atoms with van der Waals surface area (Å²) >= 11 is 1.99. The lowest BCUT2D eigenvalue weighted by Gasteiger charge is -2.30. The van der Waals surface area contributed by atoms with Crippen LogP contribution in [0, 0.1) is 12.7 Å². The molecule has 1 aliphatic heterocycles. The van der Waals surface area contributed by atoms with Gasteiger partial charge >= 0.3 is 6.03 Å². The molecule has 2 aromatic carbocycles. The Morgan fingerprint density at radius 1 is 1.15 bits per heavy atom. The SMILES string of the molecule is Cc1cc(NC(=O)NCCc2ccc(F)cc2)ccc1N1CCSCC1. The number of anilines is 2. The van der Waals surface area contributed by atoms with Crippen molar-refractivity contribution in [1.82, 2.24) is 5.32 Å². The fraction of sp³-hybridized carbons (Fsp3) is 0.350. The molecule has 1 saturated heterocycles. The van der Waals surface area contributed by atoms with Gasteiger partial charge in [0.2, 0.25) is 0 Å². The Morgan fingerprint density at radius 3 is 2.58 bits per heavy atom. The summed E-state index contributed by atoms with van der Waals surface area (Å²) in [4.78, 5) is 14.5. The van der Waals surface area contributed by atoms with Crippen LogP contribution in [0.1, 0.15) is 11.1 Å². The third-order valence-electron chi connectivity index (χ3n) is 4.42. The summed E-state index contributed by atoms with van der Waals surface area (Å²) in [5.74, 6) is 2.08. The fourth-order valence-corrected chi connectivity index (χ4v) is 3.94. The molecular formula is C20H24FN3OS. The van der Waals surface area contributed by atoms with Crippen LogP contribution >= 0.6 is 11.8 Å². The zero-order chi connectivity index (χ0) is 18.4. The Morgan fingerprint density at radius 2 is 1.88 bits per heavy atom. The number of amides is 2. The average Bonchev–Trinajstić information content (AvgIpc) is 2.64. The molecule has 0 atom stereocenters. The average molecular weight is 373 g/mol. The van der Waals surface area contributed by atoms with Crippen molar-refractivity contribution < 1.29 is 9.18 Å². The number of rotatable bonds is 5. The van der Waals surface area contributed by atoms with Gasteiger partial charge in [-0.3, -0.25) is 0 Å². The van der Waals surface area contributed by atoms with Crippen LogP contribution in [-0.4, -0.2) is 37.2 Å². The van der Waals surface area contributed by atoms with Gasteiger partial charge in [0, 0.05) is 42.5 Å². The maximum absolute atomic E-state index is 12.9. The topological polar surface area (TPSA) is 44.4 Å². The number of benzene rings is 2. The number of hydrogen-bond acceptors (Lipinski definition) is 3. The predicted octanol–water partition coefficient (Wildman–Crippen LogP) is 4.05. The van der Waals surface area contributed by atoms with Crippen LogP contribution in [0.2, 0.25) is 0 Å². The summed E-state index contributed by atoms with van der Waals surface area (Å²) in [6.45, 7) is 4.72. The first-order chi connectivity index (χ1) is 12.6. The van der Waals surface area contributed by atoms with Crippen molar-refractivity contribution in [2.45, 2.75) is 13.3 Å². The van der Waals surface area contributed by atoms with Crippen LogP contribution in [-0.2, 0) is 6.42 Å². The lowest BCUT2D eigenvalue weighted by Crippen LogP contribution is -2.33. The molecule has 2 aromatic rings. The zero-order valence-electron chi connectivity index (χ0n) is 14.9. The summed E-state index contributed by atoms with van der Waals surface area (Å²) < 4.78 is 12.9. The zero-order valence-corrected chi connectivity index (χ0v) is 15.7. The van der Waals surface area contributed by atoms with E-state index in [2.05, 4.69) is 28.5 Å². The second-order valence-electron chi connectivity index (χ2n) is 6.36. The molecule has 0 bridgehead atoms. The van der Waals surface area contributed by atoms with Crippen molar-refractivity contribution >= 4 is 29.2 Å².